The summed E-state index contributed by atoms with van der Waals surface area (Å²) in [4.78, 5) is 12.3. The van der Waals surface area contributed by atoms with E-state index in [0.29, 0.717) is 17.5 Å². The number of nitrogens with zero attached hydrogens (tertiary/aromatic N) is 3. The Bertz CT molecular complexity index is 1170. The molecule has 0 aliphatic rings. The quantitative estimate of drug-likeness (QED) is 0.395. The lowest BCUT2D eigenvalue weighted by molar-refractivity contribution is -0.113. The highest BCUT2D eigenvalue weighted by Gasteiger charge is 2.18. The summed E-state index contributed by atoms with van der Waals surface area (Å²) in [6.45, 7) is 2.52. The molecule has 2 heterocycles. The Morgan fingerprint density at radius 2 is 1.87 bits per heavy atom. The first-order valence-corrected chi connectivity index (χ1v) is 10.8. The molecule has 0 bridgehead atoms. The molecule has 31 heavy (non-hydrogen) atoms. The minimum Gasteiger partial charge on any atom is -0.469 e. The third-order valence-electron chi connectivity index (χ3n) is 4.76. The molecule has 0 spiro atoms. The first-order valence-electron chi connectivity index (χ1n) is 9.80. The summed E-state index contributed by atoms with van der Waals surface area (Å²) in [6, 6.07) is 18.1. The Balaban J connectivity index is 1.51. The Kier molecular flexibility index (Phi) is 6.47. The molecule has 8 heteroatoms. The first kappa shape index (κ1) is 20.9. The predicted molar refractivity (Wildman–Crippen MR) is 118 cm³/mol. The van der Waals surface area contributed by atoms with Crippen LogP contribution in [-0.4, -0.2) is 26.4 Å². The standard InChI is InChI=1S/C23H21FN4O2S/c1-16-18(12-14-30-16)22-26-27-23(28(22)13-11-17-7-3-2-4-8-17)31-15-21(29)25-20-10-6-5-9-19(20)24/h2-10,12,14H,11,13,15H2,1H3,(H,25,29). The van der Waals surface area contributed by atoms with Crippen molar-refractivity contribution in [2.24, 2.45) is 0 Å². The van der Waals surface area contributed by atoms with Gasteiger partial charge in [-0.25, -0.2) is 4.39 Å². The summed E-state index contributed by atoms with van der Waals surface area (Å²) in [5.41, 5.74) is 2.22. The summed E-state index contributed by atoms with van der Waals surface area (Å²) < 4.78 is 21.2. The summed E-state index contributed by atoms with van der Waals surface area (Å²) in [7, 11) is 0. The second-order valence-corrected chi connectivity index (χ2v) is 7.84. The number of nitrogens with one attached hydrogen (secondary N) is 1. The summed E-state index contributed by atoms with van der Waals surface area (Å²) >= 11 is 1.26. The molecule has 0 saturated carbocycles. The van der Waals surface area contributed by atoms with Gasteiger partial charge in [0.05, 0.1) is 23.3 Å². The second kappa shape index (κ2) is 9.61. The highest BCUT2D eigenvalue weighted by molar-refractivity contribution is 7.99. The van der Waals surface area contributed by atoms with E-state index in [-0.39, 0.29) is 17.3 Å². The van der Waals surface area contributed by atoms with E-state index < -0.39 is 5.82 Å². The number of carbonyl (C=O) groups is 1. The maximum absolute atomic E-state index is 13.8. The van der Waals surface area contributed by atoms with Crippen LogP contribution in [0.3, 0.4) is 0 Å². The van der Waals surface area contributed by atoms with Crippen LogP contribution in [-0.2, 0) is 17.8 Å². The van der Waals surface area contributed by atoms with Crippen molar-refractivity contribution in [3.8, 4) is 11.4 Å². The molecule has 1 N–H and O–H groups in total. The van der Waals surface area contributed by atoms with Gasteiger partial charge >= 0.3 is 0 Å². The summed E-state index contributed by atoms with van der Waals surface area (Å²) in [5.74, 6) is 0.752. The van der Waals surface area contributed by atoms with Crippen LogP contribution in [0, 0.1) is 12.7 Å². The van der Waals surface area contributed by atoms with Crippen molar-refractivity contribution >= 4 is 23.4 Å². The molecule has 4 aromatic rings. The molecular formula is C23H21FN4O2S. The van der Waals surface area contributed by atoms with Crippen LogP contribution in [0.1, 0.15) is 11.3 Å². The number of carbonyl (C=O) groups excluding carboxylic acids is 1. The van der Waals surface area contributed by atoms with Crippen LogP contribution >= 0.6 is 11.8 Å². The van der Waals surface area contributed by atoms with Gasteiger partial charge in [-0.3, -0.25) is 4.79 Å². The fraction of sp³-hybridized carbons (Fsp3) is 0.174. The van der Waals surface area contributed by atoms with Crippen molar-refractivity contribution in [1.82, 2.24) is 14.8 Å². The number of para-hydroxylation sites is 1. The lowest BCUT2D eigenvalue weighted by Gasteiger charge is -2.10. The zero-order chi connectivity index (χ0) is 21.6. The molecule has 0 radical (unpaired) electrons. The maximum Gasteiger partial charge on any atom is 0.234 e. The van der Waals surface area contributed by atoms with E-state index in [4.69, 9.17) is 4.42 Å². The average Bonchev–Trinajstić information content (AvgIpc) is 3.38. The Morgan fingerprint density at radius 3 is 2.61 bits per heavy atom. The zero-order valence-corrected chi connectivity index (χ0v) is 17.7. The molecule has 1 amide bonds. The van der Waals surface area contributed by atoms with Crippen LogP contribution in [0.15, 0.2) is 76.5 Å². The third kappa shape index (κ3) is 5.03. The topological polar surface area (TPSA) is 72.9 Å². The predicted octanol–water partition coefficient (Wildman–Crippen LogP) is 4.96. The van der Waals surface area contributed by atoms with Crippen molar-refractivity contribution in [2.75, 3.05) is 11.1 Å². The van der Waals surface area contributed by atoms with E-state index in [1.54, 1.807) is 18.4 Å². The largest absolute Gasteiger partial charge is 0.469 e. The Labute approximate surface area is 183 Å². The van der Waals surface area contributed by atoms with Gasteiger partial charge in [0.1, 0.15) is 11.6 Å². The van der Waals surface area contributed by atoms with Gasteiger partial charge in [0.25, 0.3) is 0 Å². The smallest absolute Gasteiger partial charge is 0.234 e. The number of benzene rings is 2. The fourth-order valence-electron chi connectivity index (χ4n) is 3.18. The van der Waals surface area contributed by atoms with Gasteiger partial charge < -0.3 is 14.3 Å². The molecule has 0 aliphatic heterocycles. The molecule has 4 rings (SSSR count). The average molecular weight is 437 g/mol. The summed E-state index contributed by atoms with van der Waals surface area (Å²) in [6.07, 6.45) is 2.41. The minimum absolute atomic E-state index is 0.0855. The van der Waals surface area contributed by atoms with E-state index in [9.17, 15) is 9.18 Å². The van der Waals surface area contributed by atoms with Crippen molar-refractivity contribution in [1.29, 1.82) is 0 Å². The molecule has 0 saturated heterocycles. The number of halogens is 1. The molecule has 0 aliphatic carbocycles. The number of thioether (sulfide) groups is 1. The zero-order valence-electron chi connectivity index (χ0n) is 16.9. The maximum atomic E-state index is 13.8. The lowest BCUT2D eigenvalue weighted by Crippen LogP contribution is -2.15. The number of aromatic nitrogens is 3. The number of rotatable bonds is 8. The van der Waals surface area contributed by atoms with Crippen molar-refractivity contribution in [2.45, 2.75) is 25.0 Å². The number of anilines is 1. The number of hydrogen-bond acceptors (Lipinski definition) is 5. The fourth-order valence-corrected chi connectivity index (χ4v) is 3.94. The number of furan rings is 1. The van der Waals surface area contributed by atoms with Crippen molar-refractivity contribution < 1.29 is 13.6 Å². The molecule has 2 aromatic carbocycles. The number of amides is 1. The van der Waals surface area contributed by atoms with E-state index in [0.717, 1.165) is 17.7 Å². The monoisotopic (exact) mass is 436 g/mol. The van der Waals surface area contributed by atoms with Crippen LogP contribution in [0.25, 0.3) is 11.4 Å². The van der Waals surface area contributed by atoms with Crippen LogP contribution in [0.4, 0.5) is 10.1 Å². The molecule has 0 atom stereocenters. The lowest BCUT2D eigenvalue weighted by atomic mass is 10.1. The van der Waals surface area contributed by atoms with Crippen LogP contribution in [0.5, 0.6) is 0 Å². The van der Waals surface area contributed by atoms with Crippen molar-refractivity contribution in [3.63, 3.8) is 0 Å². The van der Waals surface area contributed by atoms with Crippen LogP contribution in [0.2, 0.25) is 0 Å². The number of hydrogen-bond donors (Lipinski definition) is 1. The number of aryl methyl sites for hydroxylation is 2. The molecule has 6 nitrogen and oxygen atoms in total. The van der Waals surface area contributed by atoms with E-state index in [1.165, 1.54) is 29.5 Å². The minimum atomic E-state index is -0.468. The van der Waals surface area contributed by atoms with Gasteiger partial charge in [0.15, 0.2) is 11.0 Å². The van der Waals surface area contributed by atoms with Crippen LogP contribution < -0.4 is 5.32 Å². The van der Waals surface area contributed by atoms with Gasteiger partial charge in [0, 0.05) is 6.54 Å². The molecule has 0 unspecified atom stereocenters. The van der Waals surface area contributed by atoms with Gasteiger partial charge in [-0.1, -0.05) is 54.2 Å². The van der Waals surface area contributed by atoms with Gasteiger partial charge in [-0.2, -0.15) is 0 Å². The highest BCUT2D eigenvalue weighted by Crippen LogP contribution is 2.27. The molecule has 2 aromatic heterocycles. The van der Waals surface area contributed by atoms with E-state index in [1.807, 2.05) is 35.8 Å². The third-order valence-corrected chi connectivity index (χ3v) is 5.73. The van der Waals surface area contributed by atoms with E-state index >= 15 is 0 Å². The van der Waals surface area contributed by atoms with Gasteiger partial charge in [-0.05, 0) is 37.1 Å². The normalized spacial score (nSPS) is 10.9. The SMILES string of the molecule is Cc1occc1-c1nnc(SCC(=O)Nc2ccccc2F)n1CCc1ccccc1. The molecule has 0 fully saturated rings. The molecular weight excluding hydrogens is 415 g/mol. The first-order chi connectivity index (χ1) is 15.1. The van der Waals surface area contributed by atoms with Crippen molar-refractivity contribution in [3.05, 3.63) is 84.1 Å². The Hall–Kier alpha value is -3.39. The van der Waals surface area contributed by atoms with Gasteiger partial charge in [-0.15, -0.1) is 10.2 Å². The second-order valence-electron chi connectivity index (χ2n) is 6.90. The highest BCUT2D eigenvalue weighted by atomic mass is 32.2. The molecule has 158 valence electrons. The Morgan fingerprint density at radius 1 is 1.10 bits per heavy atom. The van der Waals surface area contributed by atoms with E-state index in [2.05, 4.69) is 27.6 Å². The summed E-state index contributed by atoms with van der Waals surface area (Å²) in [5, 5.41) is 11.9. The van der Waals surface area contributed by atoms with Gasteiger partial charge in [0.2, 0.25) is 5.91 Å².